The molecule has 5 aromatic rings. The third-order valence-corrected chi connectivity index (χ3v) is 6.33. The molecule has 0 spiro atoms. The van der Waals surface area contributed by atoms with Crippen molar-refractivity contribution in [3.05, 3.63) is 81.9 Å². The second-order valence-corrected chi connectivity index (χ2v) is 8.30. The number of nitrogens with zero attached hydrogens (tertiary/aromatic N) is 3. The van der Waals surface area contributed by atoms with Crippen LogP contribution in [0.3, 0.4) is 0 Å². The summed E-state index contributed by atoms with van der Waals surface area (Å²) in [5.41, 5.74) is 5.31. The highest BCUT2D eigenvalue weighted by Gasteiger charge is 2.17. The largest absolute Gasteiger partial charge is 0.361 e. The van der Waals surface area contributed by atoms with E-state index in [1.54, 1.807) is 0 Å². The number of rotatable bonds is 5. The Hall–Kier alpha value is -3.45. The van der Waals surface area contributed by atoms with Crippen molar-refractivity contribution in [1.82, 2.24) is 19.7 Å². The number of benzene rings is 2. The highest BCUT2D eigenvalue weighted by molar-refractivity contribution is 7.20. The van der Waals surface area contributed by atoms with E-state index in [0.717, 1.165) is 33.6 Å². The van der Waals surface area contributed by atoms with Crippen LogP contribution in [0.2, 0.25) is 0 Å². The minimum Gasteiger partial charge on any atom is -0.361 e. The SMILES string of the molecule is CC(=NCCc1c[nH]c2ccccc12)c1c(C)[nH]n(-c2nc3ccccc3s2)c1=O. The zero-order valence-electron chi connectivity index (χ0n) is 16.8. The Labute approximate surface area is 176 Å². The van der Waals surface area contributed by atoms with Crippen LogP contribution in [0.15, 0.2) is 64.5 Å². The summed E-state index contributed by atoms with van der Waals surface area (Å²) in [6.07, 6.45) is 2.86. The fourth-order valence-electron chi connectivity index (χ4n) is 3.82. The number of nitrogens with one attached hydrogen (secondary N) is 2. The molecule has 0 bridgehead atoms. The first-order valence-corrected chi connectivity index (χ1v) is 10.7. The summed E-state index contributed by atoms with van der Waals surface area (Å²) in [5, 5.41) is 5.03. The Morgan fingerprint density at radius 1 is 1.17 bits per heavy atom. The number of aryl methyl sites for hydroxylation is 1. The lowest BCUT2D eigenvalue weighted by atomic mass is 10.1. The summed E-state index contributed by atoms with van der Waals surface area (Å²) in [6.45, 7) is 4.42. The molecule has 0 aliphatic rings. The highest BCUT2D eigenvalue weighted by atomic mass is 32.1. The molecule has 0 saturated carbocycles. The molecule has 2 N–H and O–H groups in total. The van der Waals surface area contributed by atoms with Crippen LogP contribution in [-0.4, -0.2) is 32.0 Å². The van der Waals surface area contributed by atoms with Gasteiger partial charge in [-0.05, 0) is 44.0 Å². The van der Waals surface area contributed by atoms with E-state index >= 15 is 0 Å². The molecule has 7 heteroatoms. The number of thiazole rings is 1. The van der Waals surface area contributed by atoms with Crippen LogP contribution in [0.5, 0.6) is 0 Å². The average molecular weight is 416 g/mol. The van der Waals surface area contributed by atoms with Crippen LogP contribution in [0.4, 0.5) is 0 Å². The molecule has 3 heterocycles. The van der Waals surface area contributed by atoms with Gasteiger partial charge in [0.15, 0.2) is 0 Å². The summed E-state index contributed by atoms with van der Waals surface area (Å²) >= 11 is 1.49. The van der Waals surface area contributed by atoms with Gasteiger partial charge in [-0.1, -0.05) is 41.7 Å². The van der Waals surface area contributed by atoms with Crippen LogP contribution in [0.25, 0.3) is 26.3 Å². The minimum absolute atomic E-state index is 0.111. The standard InChI is InChI=1S/C23H21N5OS/c1-14(24-12-11-16-13-25-18-8-4-3-7-17(16)18)21-15(2)27-28(22(21)29)23-26-19-9-5-6-10-20(19)30-23/h3-10,13,25,27H,11-12H2,1-2H3. The molecular weight excluding hydrogens is 394 g/mol. The van der Waals surface area contributed by atoms with Crippen molar-refractivity contribution in [3.8, 4) is 5.13 Å². The number of hydrogen-bond acceptors (Lipinski definition) is 4. The molecule has 5 rings (SSSR count). The number of hydrogen-bond donors (Lipinski definition) is 2. The molecular formula is C23H21N5OS. The normalized spacial score (nSPS) is 12.3. The molecule has 0 amide bonds. The predicted octanol–water partition coefficient (Wildman–Crippen LogP) is 4.62. The summed E-state index contributed by atoms with van der Waals surface area (Å²) < 4.78 is 2.57. The van der Waals surface area contributed by atoms with Crippen LogP contribution in [-0.2, 0) is 6.42 Å². The van der Waals surface area contributed by atoms with Gasteiger partial charge in [0.1, 0.15) is 0 Å². The monoisotopic (exact) mass is 415 g/mol. The molecule has 150 valence electrons. The third-order valence-electron chi connectivity index (χ3n) is 5.31. The van der Waals surface area contributed by atoms with Gasteiger partial charge in [-0.15, -0.1) is 0 Å². The van der Waals surface area contributed by atoms with Gasteiger partial charge in [0.25, 0.3) is 5.56 Å². The molecule has 2 aromatic carbocycles. The van der Waals surface area contributed by atoms with Gasteiger partial charge < -0.3 is 4.98 Å². The Balaban J connectivity index is 1.41. The van der Waals surface area contributed by atoms with E-state index in [2.05, 4.69) is 27.2 Å². The Morgan fingerprint density at radius 2 is 1.97 bits per heavy atom. The van der Waals surface area contributed by atoms with Crippen molar-refractivity contribution in [2.75, 3.05) is 6.54 Å². The Kier molecular flexibility index (Phi) is 4.59. The van der Waals surface area contributed by atoms with Gasteiger partial charge in [0, 0.05) is 35.1 Å². The molecule has 0 aliphatic carbocycles. The number of para-hydroxylation sites is 2. The van der Waals surface area contributed by atoms with Crippen LogP contribution < -0.4 is 5.56 Å². The lowest BCUT2D eigenvalue weighted by Gasteiger charge is -1.99. The molecule has 0 unspecified atom stereocenters. The molecule has 3 aromatic heterocycles. The van der Waals surface area contributed by atoms with E-state index < -0.39 is 0 Å². The first-order chi connectivity index (χ1) is 14.6. The highest BCUT2D eigenvalue weighted by Crippen LogP contribution is 2.23. The summed E-state index contributed by atoms with van der Waals surface area (Å²) in [6, 6.07) is 16.1. The molecule has 6 nitrogen and oxygen atoms in total. The van der Waals surface area contributed by atoms with Crippen molar-refractivity contribution in [1.29, 1.82) is 0 Å². The van der Waals surface area contributed by atoms with Crippen LogP contribution in [0, 0.1) is 6.92 Å². The molecule has 30 heavy (non-hydrogen) atoms. The average Bonchev–Trinajstić information content (AvgIpc) is 3.43. The maximum Gasteiger partial charge on any atom is 0.282 e. The fourth-order valence-corrected chi connectivity index (χ4v) is 4.75. The Morgan fingerprint density at radius 3 is 2.83 bits per heavy atom. The number of fused-ring (bicyclic) bond motifs is 2. The van der Waals surface area contributed by atoms with Crippen molar-refractivity contribution in [2.24, 2.45) is 4.99 Å². The van der Waals surface area contributed by atoms with Gasteiger partial charge in [-0.3, -0.25) is 14.9 Å². The van der Waals surface area contributed by atoms with Crippen LogP contribution >= 0.6 is 11.3 Å². The van der Waals surface area contributed by atoms with E-state index in [9.17, 15) is 4.79 Å². The zero-order valence-corrected chi connectivity index (χ0v) is 17.6. The first-order valence-electron chi connectivity index (χ1n) is 9.86. The minimum atomic E-state index is -0.111. The third kappa shape index (κ3) is 3.17. The van der Waals surface area contributed by atoms with Gasteiger partial charge in [0.2, 0.25) is 5.13 Å². The van der Waals surface area contributed by atoms with E-state index in [-0.39, 0.29) is 5.56 Å². The number of aliphatic imine (C=N–C) groups is 1. The van der Waals surface area contributed by atoms with E-state index in [4.69, 9.17) is 4.99 Å². The molecule has 0 atom stereocenters. The van der Waals surface area contributed by atoms with E-state index in [1.807, 2.05) is 56.4 Å². The molecule has 0 aliphatic heterocycles. The zero-order chi connectivity index (χ0) is 20.7. The summed E-state index contributed by atoms with van der Waals surface area (Å²) in [5.74, 6) is 0. The van der Waals surface area contributed by atoms with Crippen molar-refractivity contribution < 1.29 is 0 Å². The lowest BCUT2D eigenvalue weighted by Crippen LogP contribution is -2.19. The predicted molar refractivity (Wildman–Crippen MR) is 123 cm³/mol. The molecule has 0 radical (unpaired) electrons. The van der Waals surface area contributed by atoms with Gasteiger partial charge in [0.05, 0.1) is 15.8 Å². The van der Waals surface area contributed by atoms with Crippen LogP contribution in [0.1, 0.15) is 23.7 Å². The van der Waals surface area contributed by atoms with Crippen molar-refractivity contribution in [3.63, 3.8) is 0 Å². The quantitative estimate of drug-likeness (QED) is 0.411. The van der Waals surface area contributed by atoms with Gasteiger partial charge in [-0.25, -0.2) is 4.98 Å². The second-order valence-electron chi connectivity index (χ2n) is 7.29. The van der Waals surface area contributed by atoms with Gasteiger partial charge in [-0.2, -0.15) is 4.68 Å². The summed E-state index contributed by atoms with van der Waals surface area (Å²) in [7, 11) is 0. The number of H-pyrrole nitrogens is 2. The Bertz CT molecular complexity index is 1420. The van der Waals surface area contributed by atoms with E-state index in [1.165, 1.54) is 27.0 Å². The first kappa shape index (κ1) is 18.6. The lowest BCUT2D eigenvalue weighted by molar-refractivity contribution is 0.829. The second kappa shape index (κ2) is 7.42. The van der Waals surface area contributed by atoms with Crippen molar-refractivity contribution >= 4 is 38.2 Å². The van der Waals surface area contributed by atoms with E-state index in [0.29, 0.717) is 17.2 Å². The topological polar surface area (TPSA) is 78.8 Å². The molecule has 0 saturated heterocycles. The maximum atomic E-state index is 13.1. The molecule has 0 fully saturated rings. The number of aromatic amines is 2. The van der Waals surface area contributed by atoms with Gasteiger partial charge >= 0.3 is 0 Å². The van der Waals surface area contributed by atoms with Crippen molar-refractivity contribution in [2.45, 2.75) is 20.3 Å². The smallest absolute Gasteiger partial charge is 0.282 e. The maximum absolute atomic E-state index is 13.1. The fraction of sp³-hybridized carbons (Fsp3) is 0.174. The summed E-state index contributed by atoms with van der Waals surface area (Å²) in [4.78, 5) is 25.7. The number of aromatic nitrogens is 4.